The summed E-state index contributed by atoms with van der Waals surface area (Å²) in [5, 5.41) is 7.35. The Hall–Kier alpha value is -4.07. The number of carbonyl (C=O) groups is 1. The van der Waals surface area contributed by atoms with Crippen LogP contribution in [0.4, 0.5) is 0 Å². The maximum Gasteiger partial charge on any atom is 0.276 e. The van der Waals surface area contributed by atoms with Crippen LogP contribution in [0.2, 0.25) is 0 Å². The number of hydrogen-bond donors (Lipinski definition) is 1. The first-order valence-electron chi connectivity index (χ1n) is 10.2. The van der Waals surface area contributed by atoms with Crippen molar-refractivity contribution in [3.8, 4) is 22.8 Å². The van der Waals surface area contributed by atoms with Gasteiger partial charge in [-0.3, -0.25) is 9.59 Å². The number of ether oxygens (including phenoxy) is 2. The molecule has 0 aliphatic carbocycles. The molecule has 2 aromatic carbocycles. The lowest BCUT2D eigenvalue weighted by molar-refractivity contribution is -0.120. The number of fused-ring (bicyclic) bond motifs is 1. The Balaban J connectivity index is 1.41. The maximum atomic E-state index is 12.9. The lowest BCUT2D eigenvalue weighted by Gasteiger charge is -2.08. The molecule has 8 nitrogen and oxygen atoms in total. The van der Waals surface area contributed by atoms with Crippen molar-refractivity contribution in [2.24, 2.45) is 0 Å². The number of rotatable bonds is 8. The van der Waals surface area contributed by atoms with Gasteiger partial charge in [0, 0.05) is 31.0 Å². The zero-order valence-corrected chi connectivity index (χ0v) is 17.9. The summed E-state index contributed by atoms with van der Waals surface area (Å²) in [7, 11) is 3.21. The van der Waals surface area contributed by atoms with Crippen molar-refractivity contribution in [1.82, 2.24) is 19.5 Å². The number of hydrogen-bond acceptors (Lipinski definition) is 5. The molecule has 0 unspecified atom stereocenters. The molecule has 8 heteroatoms. The zero-order valence-electron chi connectivity index (χ0n) is 17.9. The molecule has 0 saturated heterocycles. The van der Waals surface area contributed by atoms with Gasteiger partial charge in [0.25, 0.3) is 5.56 Å². The molecule has 0 spiro atoms. The second kappa shape index (κ2) is 9.38. The van der Waals surface area contributed by atoms with Crippen molar-refractivity contribution >= 4 is 11.4 Å². The zero-order chi connectivity index (χ0) is 22.5. The second-order valence-corrected chi connectivity index (χ2v) is 7.26. The minimum Gasteiger partial charge on any atom is -0.497 e. The lowest BCUT2D eigenvalue weighted by atomic mass is 10.1. The summed E-state index contributed by atoms with van der Waals surface area (Å²) in [6, 6.07) is 16.7. The van der Waals surface area contributed by atoms with Gasteiger partial charge in [-0.2, -0.15) is 5.10 Å². The quantitative estimate of drug-likeness (QED) is 0.462. The van der Waals surface area contributed by atoms with Crippen LogP contribution in [0.15, 0.2) is 71.8 Å². The van der Waals surface area contributed by atoms with Gasteiger partial charge in [-0.25, -0.2) is 4.52 Å². The molecule has 164 valence electrons. The number of methoxy groups -OCH3 is 2. The molecular formula is C24H24N4O4. The van der Waals surface area contributed by atoms with Crippen molar-refractivity contribution in [2.75, 3.05) is 20.8 Å². The summed E-state index contributed by atoms with van der Waals surface area (Å²) in [6.07, 6.45) is 3.66. The minimum absolute atomic E-state index is 0.112. The van der Waals surface area contributed by atoms with Crippen LogP contribution in [-0.4, -0.2) is 40.9 Å². The van der Waals surface area contributed by atoms with Crippen LogP contribution >= 0.6 is 0 Å². The molecule has 0 radical (unpaired) electrons. The van der Waals surface area contributed by atoms with Gasteiger partial charge < -0.3 is 19.4 Å². The summed E-state index contributed by atoms with van der Waals surface area (Å²) in [4.78, 5) is 25.1. The molecule has 4 rings (SSSR count). The summed E-state index contributed by atoms with van der Waals surface area (Å²) in [6.45, 7) is 0.709. The molecule has 0 saturated carbocycles. The average molecular weight is 432 g/mol. The smallest absolute Gasteiger partial charge is 0.276 e. The van der Waals surface area contributed by atoms with Crippen molar-refractivity contribution in [3.05, 3.63) is 82.9 Å². The van der Waals surface area contributed by atoms with Crippen LogP contribution in [0, 0.1) is 0 Å². The Morgan fingerprint density at radius 3 is 2.53 bits per heavy atom. The third-order valence-electron chi connectivity index (χ3n) is 5.16. The number of nitrogens with zero attached hydrogens (tertiary/aromatic N) is 3. The van der Waals surface area contributed by atoms with Gasteiger partial charge >= 0.3 is 0 Å². The fourth-order valence-electron chi connectivity index (χ4n) is 3.45. The predicted octanol–water partition coefficient (Wildman–Crippen LogP) is 2.54. The van der Waals surface area contributed by atoms with Crippen LogP contribution in [0.5, 0.6) is 11.5 Å². The van der Waals surface area contributed by atoms with Crippen LogP contribution < -0.4 is 20.3 Å². The van der Waals surface area contributed by atoms with Crippen molar-refractivity contribution in [2.45, 2.75) is 13.0 Å². The van der Waals surface area contributed by atoms with E-state index in [1.165, 1.54) is 0 Å². The fourth-order valence-corrected chi connectivity index (χ4v) is 3.45. The molecule has 1 N–H and O–H groups in total. The first-order chi connectivity index (χ1) is 15.6. The van der Waals surface area contributed by atoms with E-state index in [4.69, 9.17) is 9.47 Å². The standard InChI is InChI=1S/C24H24N4O4/c1-31-19-8-6-18(7-9-19)21-16-22-24(30)27(12-13-28(22)26-21)11-10-25-23(29)15-17-4-3-5-20(14-17)32-2/h3-9,12-14,16H,10-11,15H2,1-2H3,(H,25,29). The first-order valence-corrected chi connectivity index (χ1v) is 10.2. The highest BCUT2D eigenvalue weighted by Gasteiger charge is 2.10. The van der Waals surface area contributed by atoms with Gasteiger partial charge in [-0.05, 0) is 48.0 Å². The van der Waals surface area contributed by atoms with E-state index in [0.29, 0.717) is 30.0 Å². The third kappa shape index (κ3) is 4.64. The predicted molar refractivity (Wildman–Crippen MR) is 121 cm³/mol. The van der Waals surface area contributed by atoms with Gasteiger partial charge in [-0.1, -0.05) is 12.1 Å². The molecule has 0 aliphatic rings. The fraction of sp³-hybridized carbons (Fsp3) is 0.208. The second-order valence-electron chi connectivity index (χ2n) is 7.26. The van der Waals surface area contributed by atoms with Crippen LogP contribution in [-0.2, 0) is 17.8 Å². The lowest BCUT2D eigenvalue weighted by Crippen LogP contribution is -2.32. The molecule has 4 aromatic rings. The van der Waals surface area contributed by atoms with E-state index in [2.05, 4.69) is 10.4 Å². The van der Waals surface area contributed by atoms with Crippen molar-refractivity contribution in [3.63, 3.8) is 0 Å². The number of benzene rings is 2. The average Bonchev–Trinajstić information content (AvgIpc) is 3.26. The Labute approximate surface area is 185 Å². The Morgan fingerprint density at radius 1 is 1.00 bits per heavy atom. The van der Waals surface area contributed by atoms with E-state index in [0.717, 1.165) is 16.9 Å². The van der Waals surface area contributed by atoms with E-state index in [-0.39, 0.29) is 17.9 Å². The first kappa shape index (κ1) is 21.2. The number of carbonyl (C=O) groups excluding carboxylic acids is 1. The van der Waals surface area contributed by atoms with Crippen LogP contribution in [0.25, 0.3) is 16.8 Å². The van der Waals surface area contributed by atoms with Gasteiger partial charge in [0.15, 0.2) is 0 Å². The number of aromatic nitrogens is 3. The highest BCUT2D eigenvalue weighted by atomic mass is 16.5. The third-order valence-corrected chi connectivity index (χ3v) is 5.16. The summed E-state index contributed by atoms with van der Waals surface area (Å²) in [5.74, 6) is 1.36. The topological polar surface area (TPSA) is 86.9 Å². The molecule has 0 fully saturated rings. The summed E-state index contributed by atoms with van der Waals surface area (Å²) in [5.41, 5.74) is 2.77. The normalized spacial score (nSPS) is 10.8. The number of nitrogens with one attached hydrogen (secondary N) is 1. The van der Waals surface area contributed by atoms with Gasteiger partial charge in [0.05, 0.1) is 26.3 Å². The molecule has 2 heterocycles. The van der Waals surface area contributed by atoms with Crippen LogP contribution in [0.3, 0.4) is 0 Å². The largest absolute Gasteiger partial charge is 0.497 e. The van der Waals surface area contributed by atoms with E-state index in [1.807, 2.05) is 48.5 Å². The molecule has 1 amide bonds. The van der Waals surface area contributed by atoms with Crippen molar-refractivity contribution in [1.29, 1.82) is 0 Å². The molecule has 2 aromatic heterocycles. The highest BCUT2D eigenvalue weighted by Crippen LogP contribution is 2.21. The highest BCUT2D eigenvalue weighted by molar-refractivity contribution is 5.78. The van der Waals surface area contributed by atoms with Gasteiger partial charge in [0.2, 0.25) is 5.91 Å². The molecule has 0 atom stereocenters. The molecule has 32 heavy (non-hydrogen) atoms. The van der Waals surface area contributed by atoms with E-state index in [9.17, 15) is 9.59 Å². The number of amides is 1. The van der Waals surface area contributed by atoms with E-state index in [1.54, 1.807) is 41.8 Å². The summed E-state index contributed by atoms with van der Waals surface area (Å²) >= 11 is 0. The van der Waals surface area contributed by atoms with E-state index < -0.39 is 0 Å². The SMILES string of the molecule is COc1ccc(-c2cc3c(=O)n(CCNC(=O)Cc4cccc(OC)c4)ccn3n2)cc1. The van der Waals surface area contributed by atoms with Crippen LogP contribution in [0.1, 0.15) is 5.56 Å². The minimum atomic E-state index is -0.165. The van der Waals surface area contributed by atoms with E-state index >= 15 is 0 Å². The Morgan fingerprint density at radius 2 is 1.78 bits per heavy atom. The van der Waals surface area contributed by atoms with Crippen molar-refractivity contribution < 1.29 is 14.3 Å². The molecular weight excluding hydrogens is 408 g/mol. The Kier molecular flexibility index (Phi) is 6.21. The molecule has 0 aliphatic heterocycles. The van der Waals surface area contributed by atoms with Gasteiger partial charge in [0.1, 0.15) is 17.0 Å². The Bertz CT molecular complexity index is 1290. The monoisotopic (exact) mass is 432 g/mol. The van der Waals surface area contributed by atoms with Gasteiger partial charge in [-0.15, -0.1) is 0 Å². The summed E-state index contributed by atoms with van der Waals surface area (Å²) < 4.78 is 13.5. The maximum absolute atomic E-state index is 12.9. The molecule has 0 bridgehead atoms.